The first kappa shape index (κ1) is 73.6. The van der Waals surface area contributed by atoms with Gasteiger partial charge in [0.15, 0.2) is 12.6 Å². The molecular formula is C65H123NO13. The maximum absolute atomic E-state index is 13.3. The Morgan fingerprint density at radius 1 is 0.456 bits per heavy atom. The van der Waals surface area contributed by atoms with Crippen molar-refractivity contribution in [1.29, 1.82) is 0 Å². The van der Waals surface area contributed by atoms with Crippen LogP contribution < -0.4 is 5.32 Å². The average molecular weight is 1130 g/mol. The van der Waals surface area contributed by atoms with Crippen molar-refractivity contribution in [2.75, 3.05) is 19.8 Å². The van der Waals surface area contributed by atoms with Gasteiger partial charge in [0.25, 0.3) is 0 Å². The highest BCUT2D eigenvalue weighted by molar-refractivity contribution is 5.76. The summed E-state index contributed by atoms with van der Waals surface area (Å²) in [6.07, 6.45) is 44.6. The Bertz CT molecular complexity index is 1420. The van der Waals surface area contributed by atoms with E-state index in [0.717, 1.165) is 57.8 Å². The van der Waals surface area contributed by atoms with Gasteiger partial charge in [-0.05, 0) is 44.9 Å². The molecule has 14 nitrogen and oxygen atoms in total. The lowest BCUT2D eigenvalue weighted by molar-refractivity contribution is -0.359. The summed E-state index contributed by atoms with van der Waals surface area (Å²) in [5, 5.41) is 87.5. The number of unbranched alkanes of at least 4 members (excludes halogenated alkanes) is 37. The van der Waals surface area contributed by atoms with E-state index < -0.39 is 86.8 Å². The van der Waals surface area contributed by atoms with Crippen LogP contribution in [0.2, 0.25) is 0 Å². The molecule has 2 saturated heterocycles. The fraction of sp³-hybridized carbons (Fsp3) is 0.923. The molecule has 0 spiro atoms. The number of hydrogen-bond donors (Lipinski definition) is 9. The minimum absolute atomic E-state index is 0.202. The van der Waals surface area contributed by atoms with E-state index >= 15 is 0 Å². The van der Waals surface area contributed by atoms with E-state index in [4.69, 9.17) is 18.9 Å². The third-order valence-electron chi connectivity index (χ3n) is 16.4. The molecule has 0 radical (unpaired) electrons. The number of amides is 1. The van der Waals surface area contributed by atoms with Crippen LogP contribution in [0.15, 0.2) is 24.3 Å². The molecule has 0 aromatic carbocycles. The summed E-state index contributed by atoms with van der Waals surface area (Å²) in [6, 6.07) is -0.827. The summed E-state index contributed by atoms with van der Waals surface area (Å²) in [6.45, 7) is 2.89. The molecule has 0 aliphatic carbocycles. The van der Waals surface area contributed by atoms with Gasteiger partial charge in [-0.15, -0.1) is 0 Å². The molecule has 12 atom stereocenters. The molecule has 2 aliphatic heterocycles. The second-order valence-electron chi connectivity index (χ2n) is 23.6. The number of rotatable bonds is 54. The van der Waals surface area contributed by atoms with E-state index in [0.29, 0.717) is 12.8 Å². The van der Waals surface area contributed by atoms with Gasteiger partial charge < -0.3 is 65.1 Å². The Balaban J connectivity index is 1.68. The fourth-order valence-electron chi connectivity index (χ4n) is 11.1. The predicted molar refractivity (Wildman–Crippen MR) is 318 cm³/mol. The largest absolute Gasteiger partial charge is 0.394 e. The number of hydrogen-bond acceptors (Lipinski definition) is 13. The Kier molecular flexibility index (Phi) is 47.4. The van der Waals surface area contributed by atoms with Crippen molar-refractivity contribution in [2.45, 2.75) is 364 Å². The van der Waals surface area contributed by atoms with Crippen LogP contribution in [0.3, 0.4) is 0 Å². The van der Waals surface area contributed by atoms with Crippen molar-refractivity contribution < 1.29 is 64.6 Å². The molecule has 0 saturated carbocycles. The van der Waals surface area contributed by atoms with Crippen LogP contribution in [0.4, 0.5) is 0 Å². The van der Waals surface area contributed by atoms with Crippen LogP contribution in [-0.4, -0.2) is 140 Å². The first-order chi connectivity index (χ1) is 38.6. The number of aliphatic hydroxyl groups excluding tert-OH is 8. The normalized spacial score (nSPS) is 24.5. The van der Waals surface area contributed by atoms with Crippen molar-refractivity contribution in [3.63, 3.8) is 0 Å². The summed E-state index contributed by atoms with van der Waals surface area (Å²) in [5.74, 6) is -0.202. The molecule has 2 rings (SSSR count). The summed E-state index contributed by atoms with van der Waals surface area (Å²) < 4.78 is 22.9. The topological polar surface area (TPSA) is 228 Å². The monoisotopic (exact) mass is 1130 g/mol. The number of ether oxygens (including phenoxy) is 4. The minimum Gasteiger partial charge on any atom is -0.394 e. The fourth-order valence-corrected chi connectivity index (χ4v) is 11.1. The summed E-state index contributed by atoms with van der Waals surface area (Å²) >= 11 is 0. The van der Waals surface area contributed by atoms with E-state index in [1.165, 1.54) is 205 Å². The Morgan fingerprint density at radius 2 is 0.835 bits per heavy atom. The number of carbonyl (C=O) groups is 1. The Morgan fingerprint density at radius 3 is 1.27 bits per heavy atom. The van der Waals surface area contributed by atoms with Crippen molar-refractivity contribution in [3.8, 4) is 0 Å². The lowest BCUT2D eigenvalue weighted by Crippen LogP contribution is -2.65. The van der Waals surface area contributed by atoms with E-state index in [-0.39, 0.29) is 12.5 Å². The van der Waals surface area contributed by atoms with Crippen molar-refractivity contribution >= 4 is 5.91 Å². The van der Waals surface area contributed by atoms with Crippen LogP contribution in [0, 0.1) is 0 Å². The van der Waals surface area contributed by atoms with E-state index in [9.17, 15) is 45.6 Å². The van der Waals surface area contributed by atoms with Crippen LogP contribution in [0.25, 0.3) is 0 Å². The molecule has 2 fully saturated rings. The van der Waals surface area contributed by atoms with E-state index in [1.807, 2.05) is 0 Å². The van der Waals surface area contributed by atoms with E-state index in [1.54, 1.807) is 0 Å². The molecule has 0 aromatic heterocycles. The first-order valence-corrected chi connectivity index (χ1v) is 33.1. The van der Waals surface area contributed by atoms with Crippen LogP contribution in [-0.2, 0) is 23.7 Å². The van der Waals surface area contributed by atoms with Crippen molar-refractivity contribution in [1.82, 2.24) is 5.32 Å². The van der Waals surface area contributed by atoms with Gasteiger partial charge in [0.2, 0.25) is 5.91 Å². The lowest BCUT2D eigenvalue weighted by atomic mass is 9.97. The minimum atomic E-state index is -1.78. The number of nitrogens with one attached hydrogen (secondary N) is 1. The van der Waals surface area contributed by atoms with Gasteiger partial charge in [-0.25, -0.2) is 0 Å². The smallest absolute Gasteiger partial charge is 0.220 e. The third-order valence-corrected chi connectivity index (χ3v) is 16.4. The molecular weight excluding hydrogens is 1000 g/mol. The molecule has 466 valence electrons. The highest BCUT2D eigenvalue weighted by Gasteiger charge is 2.51. The molecule has 2 heterocycles. The third kappa shape index (κ3) is 36.0. The summed E-state index contributed by atoms with van der Waals surface area (Å²) in [5.41, 5.74) is 0. The molecule has 2 aliphatic rings. The highest BCUT2D eigenvalue weighted by atomic mass is 16.7. The lowest BCUT2D eigenvalue weighted by Gasteiger charge is -2.46. The van der Waals surface area contributed by atoms with Gasteiger partial charge in [-0.2, -0.15) is 0 Å². The van der Waals surface area contributed by atoms with Gasteiger partial charge in [0.05, 0.1) is 32.0 Å². The number of aliphatic hydroxyl groups is 8. The molecule has 1 amide bonds. The Labute approximate surface area is 481 Å². The van der Waals surface area contributed by atoms with Crippen molar-refractivity contribution in [3.05, 3.63) is 24.3 Å². The maximum Gasteiger partial charge on any atom is 0.220 e. The number of carbonyl (C=O) groups excluding carboxylic acids is 1. The standard InChI is InChI=1S/C65H123NO13/c1-3-5-7-9-11-13-15-17-19-21-23-24-25-26-27-28-29-30-31-33-35-37-39-41-43-45-47-49-57(70)66-53(54(69)48-46-44-42-40-38-36-34-32-22-20-18-16-14-12-10-8-6-4-2)52-76-64-62(75)60(73)63(56(51-68)78-64)79-65-61(74)59(72)58(71)55(50-67)77-65/h15,17,21,23,53-56,58-65,67-69,71-75H,3-14,16,18-20,22,24-52H2,1-2H3,(H,66,70)/b17-15-,23-21-. The van der Waals surface area contributed by atoms with Crippen LogP contribution >= 0.6 is 0 Å². The molecule has 79 heavy (non-hydrogen) atoms. The van der Waals surface area contributed by atoms with Gasteiger partial charge in [-0.3, -0.25) is 4.79 Å². The summed E-state index contributed by atoms with van der Waals surface area (Å²) in [7, 11) is 0. The van der Waals surface area contributed by atoms with Gasteiger partial charge >= 0.3 is 0 Å². The Hall–Kier alpha value is -1.53. The second-order valence-corrected chi connectivity index (χ2v) is 23.6. The zero-order chi connectivity index (χ0) is 57.4. The van der Waals surface area contributed by atoms with Gasteiger partial charge in [0, 0.05) is 6.42 Å². The van der Waals surface area contributed by atoms with Gasteiger partial charge in [0.1, 0.15) is 48.8 Å². The van der Waals surface area contributed by atoms with Crippen LogP contribution in [0.5, 0.6) is 0 Å². The summed E-state index contributed by atoms with van der Waals surface area (Å²) in [4.78, 5) is 13.3. The molecule has 9 N–H and O–H groups in total. The second kappa shape index (κ2) is 50.9. The van der Waals surface area contributed by atoms with Gasteiger partial charge in [-0.1, -0.05) is 263 Å². The molecule has 0 aromatic rings. The van der Waals surface area contributed by atoms with E-state index in [2.05, 4.69) is 43.5 Å². The zero-order valence-corrected chi connectivity index (χ0v) is 50.4. The average Bonchev–Trinajstić information content (AvgIpc) is 3.46. The first-order valence-electron chi connectivity index (χ1n) is 33.1. The molecule has 0 bridgehead atoms. The zero-order valence-electron chi connectivity index (χ0n) is 50.4. The highest BCUT2D eigenvalue weighted by Crippen LogP contribution is 2.30. The quantitative estimate of drug-likeness (QED) is 0.0204. The SMILES string of the molecule is CCCCCCC/C=C\C/C=C\CCCCCCCCCCCCCCCCCC(=O)NC(COC1OC(CO)C(OC2OC(CO)C(O)C(O)C2O)C(O)C1O)C(O)CCCCCCCCCCCCCCCCCCCC. The molecule has 12 unspecified atom stereocenters. The predicted octanol–water partition coefficient (Wildman–Crippen LogP) is 12.4. The number of allylic oxidation sites excluding steroid dienone is 4. The maximum atomic E-state index is 13.3. The van der Waals surface area contributed by atoms with Crippen LogP contribution in [0.1, 0.15) is 290 Å². The molecule has 14 heteroatoms. The van der Waals surface area contributed by atoms with Crippen molar-refractivity contribution in [2.24, 2.45) is 0 Å².